The Bertz CT molecular complexity index is 157. The molecule has 1 atom stereocenters. The second-order valence-corrected chi connectivity index (χ2v) is 2.89. The van der Waals surface area contributed by atoms with Crippen LogP contribution < -0.4 is 5.73 Å². The molecule has 0 aromatic heterocycles. The lowest BCUT2D eigenvalue weighted by Crippen LogP contribution is -2.15. The van der Waals surface area contributed by atoms with Crippen LogP contribution in [0.1, 0.15) is 19.8 Å². The van der Waals surface area contributed by atoms with Crippen LogP contribution in [0.25, 0.3) is 0 Å². The Morgan fingerprint density at radius 2 is 2.23 bits per heavy atom. The number of aliphatic hydroxyl groups is 1. The zero-order valence-electron chi connectivity index (χ0n) is 7.54. The summed E-state index contributed by atoms with van der Waals surface area (Å²) in [6.45, 7) is 2.53. The normalized spacial score (nSPS) is 14.8. The van der Waals surface area contributed by atoms with Crippen LogP contribution in [0.3, 0.4) is 0 Å². The van der Waals surface area contributed by atoms with Gasteiger partial charge in [-0.1, -0.05) is 6.92 Å². The van der Waals surface area contributed by atoms with Crippen molar-refractivity contribution in [3.8, 4) is 0 Å². The van der Waals surface area contributed by atoms with Gasteiger partial charge in [0.25, 0.3) is 0 Å². The summed E-state index contributed by atoms with van der Waals surface area (Å²) < 4.78 is 27.0. The monoisotopic (exact) mass is 195 g/mol. The van der Waals surface area contributed by atoms with Crippen LogP contribution in [0.4, 0.5) is 8.78 Å². The van der Waals surface area contributed by atoms with Crippen molar-refractivity contribution in [2.75, 3.05) is 6.54 Å². The van der Waals surface area contributed by atoms with Crippen LogP contribution in [-0.2, 0) is 4.74 Å². The Morgan fingerprint density at radius 1 is 1.62 bits per heavy atom. The summed E-state index contributed by atoms with van der Waals surface area (Å²) in [6, 6.07) is 0. The Balaban J connectivity index is 3.52. The second-order valence-electron chi connectivity index (χ2n) is 2.89. The van der Waals surface area contributed by atoms with E-state index in [0.717, 1.165) is 12.7 Å². The van der Waals surface area contributed by atoms with Gasteiger partial charge in [-0.2, -0.15) is 0 Å². The average molecular weight is 195 g/mol. The van der Waals surface area contributed by atoms with Gasteiger partial charge in [0.2, 0.25) is 0 Å². The molecule has 13 heavy (non-hydrogen) atoms. The molecule has 0 aliphatic carbocycles. The summed E-state index contributed by atoms with van der Waals surface area (Å²) in [5.74, 6) is 0.331. The van der Waals surface area contributed by atoms with Crippen molar-refractivity contribution in [3.05, 3.63) is 12.3 Å². The topological polar surface area (TPSA) is 55.5 Å². The molecule has 1 unspecified atom stereocenters. The first-order valence-electron chi connectivity index (χ1n) is 4.09. The van der Waals surface area contributed by atoms with Crippen molar-refractivity contribution in [3.63, 3.8) is 0 Å². The summed E-state index contributed by atoms with van der Waals surface area (Å²) >= 11 is 0. The molecule has 0 aliphatic rings. The molecule has 0 spiro atoms. The largest absolute Gasteiger partial charge is 0.532 e. The standard InChI is InChI=1S/C8H15F2NO2/c1-7(4-5-11)3-2-6-13-8(9,10)12/h2,6-7,12H,3-5,11H2,1H3/b6-2-. The zero-order valence-corrected chi connectivity index (χ0v) is 7.54. The number of allylic oxidation sites excluding steroid dienone is 1. The second kappa shape index (κ2) is 5.88. The molecule has 0 radical (unpaired) electrons. The van der Waals surface area contributed by atoms with Gasteiger partial charge in [-0.05, 0) is 31.4 Å². The molecule has 0 amide bonds. The summed E-state index contributed by atoms with van der Waals surface area (Å²) in [7, 11) is 0. The molecule has 78 valence electrons. The van der Waals surface area contributed by atoms with Gasteiger partial charge in [0.1, 0.15) is 0 Å². The predicted molar refractivity (Wildman–Crippen MR) is 44.8 cm³/mol. The van der Waals surface area contributed by atoms with Crippen molar-refractivity contribution in [2.24, 2.45) is 11.7 Å². The highest BCUT2D eigenvalue weighted by Gasteiger charge is 2.24. The summed E-state index contributed by atoms with van der Waals surface area (Å²) in [5, 5.41) is 7.86. The Morgan fingerprint density at radius 3 is 2.69 bits per heavy atom. The van der Waals surface area contributed by atoms with E-state index >= 15 is 0 Å². The smallest absolute Gasteiger partial charge is 0.418 e. The number of alkyl halides is 2. The molecule has 5 heteroatoms. The maximum Gasteiger partial charge on any atom is 0.532 e. The van der Waals surface area contributed by atoms with E-state index in [0.29, 0.717) is 18.9 Å². The fourth-order valence-corrected chi connectivity index (χ4v) is 0.820. The number of hydrogen-bond acceptors (Lipinski definition) is 3. The van der Waals surface area contributed by atoms with Crippen molar-refractivity contribution in [2.45, 2.75) is 26.1 Å². The quantitative estimate of drug-likeness (QED) is 0.498. The van der Waals surface area contributed by atoms with Gasteiger partial charge in [0.05, 0.1) is 6.26 Å². The van der Waals surface area contributed by atoms with Gasteiger partial charge in [0, 0.05) is 0 Å². The van der Waals surface area contributed by atoms with Crippen molar-refractivity contribution >= 4 is 0 Å². The number of hydrogen-bond donors (Lipinski definition) is 2. The molecule has 0 aromatic rings. The number of nitrogens with two attached hydrogens (primary N) is 1. The van der Waals surface area contributed by atoms with Gasteiger partial charge in [-0.3, -0.25) is 0 Å². The van der Waals surface area contributed by atoms with Crippen LogP contribution in [0.2, 0.25) is 0 Å². The molecule has 0 saturated heterocycles. The lowest BCUT2D eigenvalue weighted by atomic mass is 10.0. The van der Waals surface area contributed by atoms with Gasteiger partial charge in [-0.25, -0.2) is 0 Å². The van der Waals surface area contributed by atoms with E-state index < -0.39 is 6.29 Å². The maximum absolute atomic E-state index is 11.7. The third-order valence-corrected chi connectivity index (χ3v) is 1.50. The third-order valence-electron chi connectivity index (χ3n) is 1.50. The van der Waals surface area contributed by atoms with Gasteiger partial charge in [-0.15, -0.1) is 8.78 Å². The highest BCUT2D eigenvalue weighted by molar-refractivity contribution is 4.76. The van der Waals surface area contributed by atoms with E-state index in [1.54, 1.807) is 0 Å². The highest BCUT2D eigenvalue weighted by atomic mass is 19.3. The van der Waals surface area contributed by atoms with Crippen molar-refractivity contribution in [1.82, 2.24) is 0 Å². The van der Waals surface area contributed by atoms with E-state index in [1.165, 1.54) is 6.08 Å². The van der Waals surface area contributed by atoms with Gasteiger partial charge < -0.3 is 15.6 Å². The van der Waals surface area contributed by atoms with Gasteiger partial charge in [0.15, 0.2) is 0 Å². The molecular formula is C8H15F2NO2. The minimum absolute atomic E-state index is 0.331. The molecule has 0 fully saturated rings. The molecule has 0 bridgehead atoms. The van der Waals surface area contributed by atoms with E-state index in [9.17, 15) is 8.78 Å². The molecule has 0 aromatic carbocycles. The molecule has 0 aliphatic heterocycles. The SMILES string of the molecule is CC(C/C=C\OC(O)(F)F)CCN. The van der Waals surface area contributed by atoms with E-state index in [4.69, 9.17) is 10.8 Å². The Labute approximate surface area is 76.2 Å². The Kier molecular flexibility index (Phi) is 5.57. The minimum atomic E-state index is -4.08. The fraction of sp³-hybridized carbons (Fsp3) is 0.750. The molecular weight excluding hydrogens is 180 g/mol. The van der Waals surface area contributed by atoms with Crippen LogP contribution in [0.5, 0.6) is 0 Å². The highest BCUT2D eigenvalue weighted by Crippen LogP contribution is 2.11. The number of rotatable bonds is 6. The molecule has 3 N–H and O–H groups in total. The molecule has 0 heterocycles. The van der Waals surface area contributed by atoms with Crippen LogP contribution in [0, 0.1) is 5.92 Å². The van der Waals surface area contributed by atoms with E-state index in [-0.39, 0.29) is 0 Å². The summed E-state index contributed by atoms with van der Waals surface area (Å²) in [6.07, 6.45) is -0.405. The molecule has 0 saturated carbocycles. The first-order valence-corrected chi connectivity index (χ1v) is 4.09. The minimum Gasteiger partial charge on any atom is -0.418 e. The maximum atomic E-state index is 11.7. The molecule has 0 rings (SSSR count). The van der Waals surface area contributed by atoms with Crippen molar-refractivity contribution in [1.29, 1.82) is 0 Å². The van der Waals surface area contributed by atoms with E-state index in [2.05, 4.69) is 4.74 Å². The Hall–Kier alpha value is -0.680. The zero-order chi connectivity index (χ0) is 10.3. The number of halogens is 2. The lowest BCUT2D eigenvalue weighted by Gasteiger charge is -2.07. The van der Waals surface area contributed by atoms with Gasteiger partial charge >= 0.3 is 6.29 Å². The summed E-state index contributed by atoms with van der Waals surface area (Å²) in [4.78, 5) is 0. The van der Waals surface area contributed by atoms with E-state index in [1.807, 2.05) is 6.92 Å². The first-order chi connectivity index (χ1) is 5.95. The molecule has 3 nitrogen and oxygen atoms in total. The third kappa shape index (κ3) is 9.23. The summed E-state index contributed by atoms with van der Waals surface area (Å²) in [5.41, 5.74) is 5.29. The van der Waals surface area contributed by atoms with Crippen LogP contribution in [0.15, 0.2) is 12.3 Å². The first kappa shape index (κ1) is 12.3. The predicted octanol–water partition coefficient (Wildman–Crippen LogP) is 1.43. The average Bonchev–Trinajstić information content (AvgIpc) is 1.97. The fourth-order valence-electron chi connectivity index (χ4n) is 0.820. The van der Waals surface area contributed by atoms with Crippen LogP contribution in [-0.4, -0.2) is 17.9 Å². The van der Waals surface area contributed by atoms with Crippen LogP contribution >= 0.6 is 0 Å². The number of ether oxygens (including phenoxy) is 1. The lowest BCUT2D eigenvalue weighted by molar-refractivity contribution is -0.348. The van der Waals surface area contributed by atoms with Crippen molar-refractivity contribution < 1.29 is 18.6 Å².